The maximum Gasteiger partial charge on any atom is 0.255 e. The van der Waals surface area contributed by atoms with E-state index in [0.717, 1.165) is 5.69 Å². The van der Waals surface area contributed by atoms with Gasteiger partial charge in [-0.15, -0.1) is 5.10 Å². The van der Waals surface area contributed by atoms with Crippen LogP contribution < -0.4 is 5.32 Å². The summed E-state index contributed by atoms with van der Waals surface area (Å²) in [4.78, 5) is 16.0. The second-order valence-corrected chi connectivity index (χ2v) is 4.38. The number of aromatic nitrogens is 5. The molecule has 0 atom stereocenters. The first-order valence-corrected chi connectivity index (χ1v) is 6.31. The lowest BCUT2D eigenvalue weighted by molar-refractivity contribution is 0.102. The van der Waals surface area contributed by atoms with Crippen LogP contribution in [0.5, 0.6) is 0 Å². The summed E-state index contributed by atoms with van der Waals surface area (Å²) in [5.41, 5.74) is 2.00. The van der Waals surface area contributed by atoms with Crippen molar-refractivity contribution in [3.8, 4) is 5.69 Å². The summed E-state index contributed by atoms with van der Waals surface area (Å²) in [6.07, 6.45) is 3.16. The molecule has 1 N–H and O–H groups in total. The van der Waals surface area contributed by atoms with E-state index in [9.17, 15) is 4.79 Å². The molecule has 0 unspecified atom stereocenters. The van der Waals surface area contributed by atoms with Crippen molar-refractivity contribution >= 4 is 11.6 Å². The fraction of sp³-hybridized carbons (Fsp3) is 0.0714. The van der Waals surface area contributed by atoms with Gasteiger partial charge < -0.3 is 5.32 Å². The van der Waals surface area contributed by atoms with Crippen LogP contribution in [0.4, 0.5) is 5.69 Å². The van der Waals surface area contributed by atoms with Crippen LogP contribution in [0.3, 0.4) is 0 Å². The largest absolute Gasteiger partial charge is 0.322 e. The number of pyridine rings is 1. The molecule has 21 heavy (non-hydrogen) atoms. The van der Waals surface area contributed by atoms with Crippen LogP contribution in [0, 0.1) is 6.92 Å². The predicted molar refractivity (Wildman–Crippen MR) is 76.1 cm³/mol. The Bertz CT molecular complexity index is 768. The van der Waals surface area contributed by atoms with Gasteiger partial charge >= 0.3 is 0 Å². The molecule has 0 bridgehead atoms. The van der Waals surface area contributed by atoms with Crippen LogP contribution >= 0.6 is 0 Å². The third-order valence-corrected chi connectivity index (χ3v) is 2.92. The average molecular weight is 280 g/mol. The van der Waals surface area contributed by atoms with Gasteiger partial charge in [0.05, 0.1) is 5.69 Å². The Kier molecular flexibility index (Phi) is 3.38. The number of nitrogens with one attached hydrogen (secondary N) is 1. The van der Waals surface area contributed by atoms with Gasteiger partial charge in [-0.2, -0.15) is 4.68 Å². The molecule has 0 aliphatic heterocycles. The Morgan fingerprint density at radius 1 is 1.19 bits per heavy atom. The van der Waals surface area contributed by atoms with Gasteiger partial charge in [-0.1, -0.05) is 6.07 Å². The molecule has 0 aliphatic rings. The monoisotopic (exact) mass is 280 g/mol. The van der Waals surface area contributed by atoms with Gasteiger partial charge in [0.25, 0.3) is 5.91 Å². The Morgan fingerprint density at radius 2 is 2.00 bits per heavy atom. The summed E-state index contributed by atoms with van der Waals surface area (Å²) in [7, 11) is 0. The van der Waals surface area contributed by atoms with E-state index in [2.05, 4.69) is 25.8 Å². The number of rotatable bonds is 3. The number of aryl methyl sites for hydroxylation is 1. The number of amides is 1. The minimum atomic E-state index is -0.192. The highest BCUT2D eigenvalue weighted by Crippen LogP contribution is 2.15. The van der Waals surface area contributed by atoms with E-state index in [-0.39, 0.29) is 5.91 Å². The van der Waals surface area contributed by atoms with E-state index < -0.39 is 0 Å². The molecule has 0 radical (unpaired) electrons. The van der Waals surface area contributed by atoms with E-state index in [1.165, 1.54) is 0 Å². The molecule has 0 aliphatic carbocycles. The lowest BCUT2D eigenvalue weighted by Crippen LogP contribution is -2.12. The van der Waals surface area contributed by atoms with Crippen LogP contribution in [-0.2, 0) is 0 Å². The number of nitrogens with zero attached hydrogens (tertiary/aromatic N) is 5. The van der Waals surface area contributed by atoms with E-state index in [1.54, 1.807) is 29.2 Å². The molecule has 0 saturated carbocycles. The number of carbonyl (C=O) groups is 1. The van der Waals surface area contributed by atoms with Crippen molar-refractivity contribution in [1.29, 1.82) is 0 Å². The van der Waals surface area contributed by atoms with E-state index in [0.29, 0.717) is 17.1 Å². The van der Waals surface area contributed by atoms with Crippen LogP contribution in [-0.4, -0.2) is 31.1 Å². The van der Waals surface area contributed by atoms with Gasteiger partial charge in [-0.3, -0.25) is 9.78 Å². The molecule has 104 valence electrons. The van der Waals surface area contributed by atoms with Gasteiger partial charge in [0.2, 0.25) is 0 Å². The first-order valence-electron chi connectivity index (χ1n) is 6.31. The van der Waals surface area contributed by atoms with E-state index in [1.807, 2.05) is 31.2 Å². The van der Waals surface area contributed by atoms with Crippen molar-refractivity contribution < 1.29 is 4.79 Å². The minimum Gasteiger partial charge on any atom is -0.322 e. The predicted octanol–water partition coefficient (Wildman–Crippen LogP) is 1.62. The highest BCUT2D eigenvalue weighted by atomic mass is 16.1. The summed E-state index contributed by atoms with van der Waals surface area (Å²) in [6.45, 7) is 1.81. The molecule has 0 saturated heterocycles. The van der Waals surface area contributed by atoms with Crippen molar-refractivity contribution in [3.05, 3.63) is 60.2 Å². The van der Waals surface area contributed by atoms with Crippen molar-refractivity contribution in [2.75, 3.05) is 5.32 Å². The van der Waals surface area contributed by atoms with E-state index >= 15 is 0 Å². The SMILES string of the molecule is Cc1nnnn1-c1cccc(NC(=O)c2ccncc2)c1. The third-order valence-electron chi connectivity index (χ3n) is 2.92. The molecule has 7 heteroatoms. The van der Waals surface area contributed by atoms with Gasteiger partial charge in [0, 0.05) is 23.6 Å². The molecule has 1 amide bonds. The zero-order valence-corrected chi connectivity index (χ0v) is 11.3. The Balaban J connectivity index is 1.84. The fourth-order valence-corrected chi connectivity index (χ4v) is 1.89. The Morgan fingerprint density at radius 3 is 2.71 bits per heavy atom. The van der Waals surface area contributed by atoms with Gasteiger partial charge in [0.1, 0.15) is 0 Å². The van der Waals surface area contributed by atoms with Crippen LogP contribution in [0.2, 0.25) is 0 Å². The maximum atomic E-state index is 12.1. The van der Waals surface area contributed by atoms with Crippen LogP contribution in [0.1, 0.15) is 16.2 Å². The molecular weight excluding hydrogens is 268 g/mol. The van der Waals surface area contributed by atoms with Gasteiger partial charge in [-0.25, -0.2) is 0 Å². The minimum absolute atomic E-state index is 0.192. The summed E-state index contributed by atoms with van der Waals surface area (Å²) >= 11 is 0. The van der Waals surface area contributed by atoms with E-state index in [4.69, 9.17) is 0 Å². The highest BCUT2D eigenvalue weighted by molar-refractivity contribution is 6.04. The van der Waals surface area contributed by atoms with Crippen LogP contribution in [0.25, 0.3) is 5.69 Å². The smallest absolute Gasteiger partial charge is 0.255 e. The molecule has 2 aromatic heterocycles. The maximum absolute atomic E-state index is 12.1. The lowest BCUT2D eigenvalue weighted by Gasteiger charge is -2.07. The molecular formula is C14H12N6O. The summed E-state index contributed by atoms with van der Waals surface area (Å²) < 4.78 is 1.60. The summed E-state index contributed by atoms with van der Waals surface area (Å²) in [5.74, 6) is 0.482. The number of anilines is 1. The Hall–Kier alpha value is -3.09. The topological polar surface area (TPSA) is 85.6 Å². The highest BCUT2D eigenvalue weighted by Gasteiger charge is 2.08. The molecule has 7 nitrogen and oxygen atoms in total. The zero-order chi connectivity index (χ0) is 14.7. The second-order valence-electron chi connectivity index (χ2n) is 4.38. The number of benzene rings is 1. The Labute approximate surface area is 120 Å². The molecule has 2 heterocycles. The van der Waals surface area contributed by atoms with Crippen molar-refractivity contribution in [3.63, 3.8) is 0 Å². The molecule has 3 rings (SSSR count). The third kappa shape index (κ3) is 2.76. The molecule has 1 aromatic carbocycles. The number of hydrogen-bond donors (Lipinski definition) is 1. The standard InChI is InChI=1S/C14H12N6O/c1-10-17-18-19-20(10)13-4-2-3-12(9-13)16-14(21)11-5-7-15-8-6-11/h2-9H,1H3,(H,16,21). The lowest BCUT2D eigenvalue weighted by atomic mass is 10.2. The van der Waals surface area contributed by atoms with Crippen LogP contribution in [0.15, 0.2) is 48.8 Å². The number of hydrogen-bond acceptors (Lipinski definition) is 5. The molecule has 0 spiro atoms. The quantitative estimate of drug-likeness (QED) is 0.788. The summed E-state index contributed by atoms with van der Waals surface area (Å²) in [6, 6.07) is 10.6. The normalized spacial score (nSPS) is 10.3. The first-order chi connectivity index (χ1) is 10.2. The van der Waals surface area contributed by atoms with Crippen molar-refractivity contribution in [2.24, 2.45) is 0 Å². The average Bonchev–Trinajstić information content (AvgIpc) is 2.94. The zero-order valence-electron chi connectivity index (χ0n) is 11.3. The molecule has 3 aromatic rings. The molecule has 0 fully saturated rings. The van der Waals surface area contributed by atoms with Crippen molar-refractivity contribution in [1.82, 2.24) is 25.2 Å². The second kappa shape index (κ2) is 5.49. The summed E-state index contributed by atoms with van der Waals surface area (Å²) in [5, 5.41) is 14.2. The fourth-order valence-electron chi connectivity index (χ4n) is 1.89. The van der Waals surface area contributed by atoms with Gasteiger partial charge in [0.15, 0.2) is 5.82 Å². The number of tetrazole rings is 1. The van der Waals surface area contributed by atoms with Crippen molar-refractivity contribution in [2.45, 2.75) is 6.92 Å². The van der Waals surface area contributed by atoms with Gasteiger partial charge in [-0.05, 0) is 47.7 Å². The first kappa shape index (κ1) is 12.9. The number of carbonyl (C=O) groups excluding carboxylic acids is 1.